The van der Waals surface area contributed by atoms with E-state index in [4.69, 9.17) is 37.4 Å². The average Bonchev–Trinajstić information content (AvgIpc) is 3.20. The van der Waals surface area contributed by atoms with E-state index in [1.165, 1.54) is 33.5 Å². The lowest BCUT2D eigenvalue weighted by Gasteiger charge is -2.33. The summed E-state index contributed by atoms with van der Waals surface area (Å²) in [5.41, 5.74) is 0.375. The Hall–Kier alpha value is -3.31. The number of methoxy groups -OCH3 is 3. The zero-order valence-electron chi connectivity index (χ0n) is 19.2. The Morgan fingerprint density at radius 2 is 1.75 bits per heavy atom. The van der Waals surface area contributed by atoms with E-state index in [-0.39, 0.29) is 45.2 Å². The second kappa shape index (κ2) is 9.98. The first-order chi connectivity index (χ1) is 17.1. The highest BCUT2D eigenvalue weighted by Crippen LogP contribution is 2.46. The number of fused-ring (bicyclic) bond motifs is 1. The van der Waals surface area contributed by atoms with E-state index in [0.29, 0.717) is 16.0 Å². The summed E-state index contributed by atoms with van der Waals surface area (Å²) in [6.45, 7) is 0. The van der Waals surface area contributed by atoms with Crippen LogP contribution in [0.25, 0.3) is 0 Å². The molecule has 13 heteroatoms. The Morgan fingerprint density at radius 1 is 1.08 bits per heavy atom. The number of anilines is 2. The summed E-state index contributed by atoms with van der Waals surface area (Å²) in [5.74, 6) is 0.0765. The standard InChI is InChI=1S/C23H21Cl2F3N4O4/c1-34-12-6-4-11(5-7-12)14-10-18(23(26,27)28)32-21(29-14)19(25)20(31-32)22(33)30-15-9-16(35-2)13(24)8-17(15)36-3/h4-9,14,18,29H,10H2,1-3H3,(H,30,33)/t14-,18+/m0/s1. The summed E-state index contributed by atoms with van der Waals surface area (Å²) in [5, 5.41) is 9.47. The summed E-state index contributed by atoms with van der Waals surface area (Å²) >= 11 is 12.5. The van der Waals surface area contributed by atoms with Crippen LogP contribution in [0.15, 0.2) is 36.4 Å². The number of carbonyl (C=O) groups excluding carboxylic acids is 1. The van der Waals surface area contributed by atoms with Crippen LogP contribution < -0.4 is 24.8 Å². The summed E-state index contributed by atoms with van der Waals surface area (Å²) in [6.07, 6.45) is -5.00. The van der Waals surface area contributed by atoms with Gasteiger partial charge in [0, 0.05) is 18.6 Å². The minimum absolute atomic E-state index is 0.114. The number of rotatable bonds is 6. The van der Waals surface area contributed by atoms with Crippen molar-refractivity contribution in [3.63, 3.8) is 0 Å². The van der Waals surface area contributed by atoms with Gasteiger partial charge in [0.05, 0.1) is 38.1 Å². The van der Waals surface area contributed by atoms with Crippen LogP contribution in [-0.2, 0) is 0 Å². The number of benzene rings is 2. The molecule has 2 N–H and O–H groups in total. The predicted molar refractivity (Wildman–Crippen MR) is 129 cm³/mol. The van der Waals surface area contributed by atoms with Gasteiger partial charge in [0.25, 0.3) is 5.91 Å². The summed E-state index contributed by atoms with van der Waals surface area (Å²) in [6, 6.07) is 6.73. The van der Waals surface area contributed by atoms with Crippen LogP contribution in [0.2, 0.25) is 10.0 Å². The predicted octanol–water partition coefficient (Wildman–Crippen LogP) is 6.13. The topological polar surface area (TPSA) is 86.6 Å². The molecular weight excluding hydrogens is 524 g/mol. The van der Waals surface area contributed by atoms with Gasteiger partial charge in [-0.05, 0) is 17.7 Å². The third-order valence-corrected chi connectivity index (χ3v) is 6.40. The largest absolute Gasteiger partial charge is 0.497 e. The Kier molecular flexibility index (Phi) is 7.14. The summed E-state index contributed by atoms with van der Waals surface area (Å²) in [4.78, 5) is 13.1. The number of hydrogen-bond acceptors (Lipinski definition) is 6. The number of ether oxygens (including phenoxy) is 3. The molecule has 1 aliphatic heterocycles. The Labute approximate surface area is 214 Å². The molecule has 0 unspecified atom stereocenters. The molecule has 1 aromatic heterocycles. The first kappa shape index (κ1) is 25.8. The van der Waals surface area contributed by atoms with Gasteiger partial charge in [-0.3, -0.25) is 4.79 Å². The van der Waals surface area contributed by atoms with Crippen molar-refractivity contribution in [3.05, 3.63) is 57.7 Å². The third kappa shape index (κ3) is 4.85. The molecule has 8 nitrogen and oxygen atoms in total. The smallest absolute Gasteiger partial charge is 0.410 e. The van der Waals surface area contributed by atoms with Crippen LogP contribution >= 0.6 is 23.2 Å². The van der Waals surface area contributed by atoms with Crippen LogP contribution in [0, 0.1) is 0 Å². The third-order valence-electron chi connectivity index (χ3n) is 5.75. The van der Waals surface area contributed by atoms with E-state index in [0.717, 1.165) is 0 Å². The van der Waals surface area contributed by atoms with Gasteiger partial charge < -0.3 is 24.8 Å². The van der Waals surface area contributed by atoms with Gasteiger partial charge in [-0.1, -0.05) is 35.3 Å². The van der Waals surface area contributed by atoms with Crippen molar-refractivity contribution in [3.8, 4) is 17.2 Å². The molecule has 192 valence electrons. The highest BCUT2D eigenvalue weighted by molar-refractivity contribution is 6.36. The molecule has 0 aliphatic carbocycles. The van der Waals surface area contributed by atoms with Gasteiger partial charge in [0.2, 0.25) is 0 Å². The molecule has 0 spiro atoms. The van der Waals surface area contributed by atoms with Crippen molar-refractivity contribution in [1.29, 1.82) is 0 Å². The number of carbonyl (C=O) groups is 1. The molecule has 3 aromatic rings. The fourth-order valence-corrected chi connectivity index (χ4v) is 4.42. The quantitative estimate of drug-likeness (QED) is 0.388. The molecule has 2 heterocycles. The number of amides is 1. The molecule has 4 rings (SSSR count). The van der Waals surface area contributed by atoms with Gasteiger partial charge in [-0.15, -0.1) is 0 Å². The molecule has 0 bridgehead atoms. The maximum atomic E-state index is 14.0. The number of hydrogen-bond donors (Lipinski definition) is 2. The van der Waals surface area contributed by atoms with Crippen molar-refractivity contribution < 1.29 is 32.2 Å². The van der Waals surface area contributed by atoms with Gasteiger partial charge in [0.1, 0.15) is 28.1 Å². The van der Waals surface area contributed by atoms with Crippen molar-refractivity contribution in [2.75, 3.05) is 32.0 Å². The van der Waals surface area contributed by atoms with Crippen LogP contribution in [0.3, 0.4) is 0 Å². The number of nitrogens with zero attached hydrogens (tertiary/aromatic N) is 2. The Morgan fingerprint density at radius 3 is 2.33 bits per heavy atom. The Balaban J connectivity index is 1.70. The number of nitrogens with one attached hydrogen (secondary N) is 2. The first-order valence-corrected chi connectivity index (χ1v) is 11.3. The van der Waals surface area contributed by atoms with Gasteiger partial charge >= 0.3 is 6.18 Å². The number of alkyl halides is 3. The number of aromatic nitrogens is 2. The molecular formula is C23H21Cl2F3N4O4. The molecule has 36 heavy (non-hydrogen) atoms. The molecule has 2 aromatic carbocycles. The van der Waals surface area contributed by atoms with Gasteiger partial charge in [-0.2, -0.15) is 18.3 Å². The Bertz CT molecular complexity index is 1280. The van der Waals surface area contributed by atoms with Crippen LogP contribution in [0.5, 0.6) is 17.2 Å². The molecule has 2 atom stereocenters. The second-order valence-electron chi connectivity index (χ2n) is 7.86. The maximum absolute atomic E-state index is 14.0. The van der Waals surface area contributed by atoms with Crippen LogP contribution in [-0.4, -0.2) is 43.2 Å². The van der Waals surface area contributed by atoms with E-state index in [1.807, 2.05) is 0 Å². The van der Waals surface area contributed by atoms with Gasteiger partial charge in [0.15, 0.2) is 11.7 Å². The minimum atomic E-state index is -4.64. The van der Waals surface area contributed by atoms with Crippen molar-refractivity contribution in [1.82, 2.24) is 9.78 Å². The molecule has 0 fully saturated rings. The normalized spacial score (nSPS) is 17.1. The molecule has 1 amide bonds. The highest BCUT2D eigenvalue weighted by Gasteiger charge is 2.48. The van der Waals surface area contributed by atoms with E-state index in [1.54, 1.807) is 24.3 Å². The van der Waals surface area contributed by atoms with E-state index in [2.05, 4.69) is 15.7 Å². The summed E-state index contributed by atoms with van der Waals surface area (Å²) in [7, 11) is 4.25. The second-order valence-corrected chi connectivity index (χ2v) is 8.65. The lowest BCUT2D eigenvalue weighted by molar-refractivity contribution is -0.173. The minimum Gasteiger partial charge on any atom is -0.497 e. The van der Waals surface area contributed by atoms with Crippen molar-refractivity contribution in [2.45, 2.75) is 24.7 Å². The SMILES string of the molecule is COc1ccc([C@@H]2C[C@H](C(F)(F)F)n3nc(C(=O)Nc4cc(OC)c(Cl)cc4OC)c(Cl)c3N2)cc1. The van der Waals surface area contributed by atoms with Gasteiger partial charge in [-0.25, -0.2) is 4.68 Å². The van der Waals surface area contributed by atoms with Crippen molar-refractivity contribution >= 4 is 40.6 Å². The fraction of sp³-hybridized carbons (Fsp3) is 0.304. The lowest BCUT2D eigenvalue weighted by Crippen LogP contribution is -2.35. The van der Waals surface area contributed by atoms with Crippen LogP contribution in [0.4, 0.5) is 24.7 Å². The molecule has 0 radical (unpaired) electrons. The molecule has 1 aliphatic rings. The average molecular weight is 545 g/mol. The van der Waals surface area contributed by atoms with E-state index >= 15 is 0 Å². The highest BCUT2D eigenvalue weighted by atomic mass is 35.5. The fourth-order valence-electron chi connectivity index (χ4n) is 3.93. The monoisotopic (exact) mass is 544 g/mol. The van der Waals surface area contributed by atoms with Crippen molar-refractivity contribution in [2.24, 2.45) is 0 Å². The summed E-state index contributed by atoms with van der Waals surface area (Å²) < 4.78 is 58.3. The van der Waals surface area contributed by atoms with E-state index in [9.17, 15) is 18.0 Å². The zero-order valence-corrected chi connectivity index (χ0v) is 20.8. The van der Waals surface area contributed by atoms with E-state index < -0.39 is 24.2 Å². The van der Waals surface area contributed by atoms with Crippen LogP contribution in [0.1, 0.15) is 34.6 Å². The molecule has 0 saturated heterocycles. The zero-order chi connectivity index (χ0) is 26.2. The first-order valence-electron chi connectivity index (χ1n) is 10.6. The lowest BCUT2D eigenvalue weighted by atomic mass is 9.97. The molecule has 0 saturated carbocycles. The number of halogens is 5. The maximum Gasteiger partial charge on any atom is 0.410 e.